The first-order chi connectivity index (χ1) is 11.6. The first-order valence-electron chi connectivity index (χ1n) is 7.89. The maximum absolute atomic E-state index is 10.2. The third-order valence-corrected chi connectivity index (χ3v) is 3.96. The number of hydrogen-bond acceptors (Lipinski definition) is 3. The molecule has 0 atom stereocenters. The predicted octanol–water partition coefficient (Wildman–Crippen LogP) is 4.58. The van der Waals surface area contributed by atoms with Crippen molar-refractivity contribution in [3.63, 3.8) is 0 Å². The van der Waals surface area contributed by atoms with Gasteiger partial charge in [0, 0.05) is 6.42 Å². The summed E-state index contributed by atoms with van der Waals surface area (Å²) in [6.45, 7) is 2.34. The first-order valence-corrected chi connectivity index (χ1v) is 7.89. The lowest BCUT2D eigenvalue weighted by Crippen LogP contribution is -1.96. The Morgan fingerprint density at radius 1 is 0.833 bits per heavy atom. The van der Waals surface area contributed by atoms with Crippen LogP contribution in [0.15, 0.2) is 66.7 Å². The Morgan fingerprint density at radius 2 is 1.58 bits per heavy atom. The van der Waals surface area contributed by atoms with Crippen LogP contribution in [0.2, 0.25) is 0 Å². The fourth-order valence-electron chi connectivity index (χ4n) is 2.59. The number of aromatic hydroxyl groups is 2. The topological polar surface area (TPSA) is 49.7 Å². The third-order valence-electron chi connectivity index (χ3n) is 3.96. The highest BCUT2D eigenvalue weighted by atomic mass is 16.5. The third kappa shape index (κ3) is 3.87. The molecule has 0 aliphatic carbocycles. The summed E-state index contributed by atoms with van der Waals surface area (Å²) in [5, 5.41) is 19.5. The number of para-hydroxylation sites is 1. The van der Waals surface area contributed by atoms with Crippen molar-refractivity contribution in [2.75, 3.05) is 0 Å². The molecule has 0 unspecified atom stereocenters. The molecule has 0 amide bonds. The molecule has 3 nitrogen and oxygen atoms in total. The standard InChI is InChI=1S/C21H20O3/c1-15-4-2-6-18(21(15)23)12-17-5-3-7-20(13-17)24-14-16-8-10-19(22)11-9-16/h2-11,13,22-23H,12,14H2,1H3. The van der Waals surface area contributed by atoms with Crippen molar-refractivity contribution in [3.8, 4) is 17.2 Å². The Hall–Kier alpha value is -2.94. The number of aryl methyl sites for hydroxylation is 1. The second-order valence-electron chi connectivity index (χ2n) is 5.86. The van der Waals surface area contributed by atoms with E-state index in [-0.39, 0.29) is 5.75 Å². The van der Waals surface area contributed by atoms with Crippen LogP contribution in [0, 0.1) is 6.92 Å². The minimum Gasteiger partial charge on any atom is -0.508 e. The molecule has 0 heterocycles. The molecule has 0 fully saturated rings. The molecule has 0 bridgehead atoms. The van der Waals surface area contributed by atoms with Crippen LogP contribution in [-0.2, 0) is 13.0 Å². The summed E-state index contributed by atoms with van der Waals surface area (Å²) in [5.41, 5.74) is 3.87. The summed E-state index contributed by atoms with van der Waals surface area (Å²) in [6, 6.07) is 20.6. The smallest absolute Gasteiger partial charge is 0.122 e. The molecule has 3 heteroatoms. The second-order valence-corrected chi connectivity index (χ2v) is 5.86. The van der Waals surface area contributed by atoms with Crippen molar-refractivity contribution in [2.45, 2.75) is 20.0 Å². The highest BCUT2D eigenvalue weighted by molar-refractivity contribution is 5.43. The SMILES string of the molecule is Cc1cccc(Cc2cccc(OCc3ccc(O)cc3)c2)c1O. The van der Waals surface area contributed by atoms with E-state index in [1.54, 1.807) is 12.1 Å². The van der Waals surface area contributed by atoms with Crippen LogP contribution in [0.25, 0.3) is 0 Å². The Kier molecular flexibility index (Phi) is 4.71. The molecule has 0 radical (unpaired) electrons. The summed E-state index contributed by atoms with van der Waals surface area (Å²) in [5.74, 6) is 1.39. The molecule has 2 N–H and O–H groups in total. The van der Waals surface area contributed by atoms with Gasteiger partial charge in [0.15, 0.2) is 0 Å². The predicted molar refractivity (Wildman–Crippen MR) is 94.5 cm³/mol. The second kappa shape index (κ2) is 7.09. The summed E-state index contributed by atoms with van der Waals surface area (Å²) < 4.78 is 5.82. The van der Waals surface area contributed by atoms with Crippen molar-refractivity contribution in [3.05, 3.63) is 89.0 Å². The summed E-state index contributed by atoms with van der Waals surface area (Å²) in [7, 11) is 0. The fourth-order valence-corrected chi connectivity index (χ4v) is 2.59. The van der Waals surface area contributed by atoms with Crippen LogP contribution in [-0.4, -0.2) is 10.2 Å². The molecular weight excluding hydrogens is 300 g/mol. The maximum Gasteiger partial charge on any atom is 0.122 e. The molecule has 122 valence electrons. The van der Waals surface area contributed by atoms with Gasteiger partial charge in [-0.3, -0.25) is 0 Å². The van der Waals surface area contributed by atoms with E-state index in [0.717, 1.165) is 28.0 Å². The van der Waals surface area contributed by atoms with Gasteiger partial charge in [-0.15, -0.1) is 0 Å². The van der Waals surface area contributed by atoms with E-state index in [4.69, 9.17) is 4.74 Å². The monoisotopic (exact) mass is 320 g/mol. The van der Waals surface area contributed by atoms with Crippen molar-refractivity contribution >= 4 is 0 Å². The van der Waals surface area contributed by atoms with Gasteiger partial charge in [0.05, 0.1) is 0 Å². The van der Waals surface area contributed by atoms with E-state index in [9.17, 15) is 10.2 Å². The van der Waals surface area contributed by atoms with Crippen LogP contribution in [0.5, 0.6) is 17.2 Å². The Morgan fingerprint density at radius 3 is 2.38 bits per heavy atom. The molecule has 0 spiro atoms. The Balaban J connectivity index is 1.69. The zero-order chi connectivity index (χ0) is 16.9. The zero-order valence-corrected chi connectivity index (χ0v) is 13.6. The Labute approximate surface area is 141 Å². The molecule has 0 aliphatic rings. The summed E-state index contributed by atoms with van der Waals surface area (Å²) in [4.78, 5) is 0. The van der Waals surface area contributed by atoms with E-state index in [2.05, 4.69) is 0 Å². The minimum atomic E-state index is 0.249. The van der Waals surface area contributed by atoms with Gasteiger partial charge in [0.2, 0.25) is 0 Å². The van der Waals surface area contributed by atoms with Crippen LogP contribution >= 0.6 is 0 Å². The number of phenols is 2. The lowest BCUT2D eigenvalue weighted by atomic mass is 10.0. The van der Waals surface area contributed by atoms with E-state index in [1.165, 1.54) is 0 Å². The van der Waals surface area contributed by atoms with Crippen molar-refractivity contribution in [1.29, 1.82) is 0 Å². The number of ether oxygens (including phenoxy) is 1. The van der Waals surface area contributed by atoms with E-state index in [0.29, 0.717) is 18.8 Å². The Bertz CT molecular complexity index is 823. The maximum atomic E-state index is 10.2. The largest absolute Gasteiger partial charge is 0.508 e. The average Bonchev–Trinajstić information content (AvgIpc) is 2.59. The fraction of sp³-hybridized carbons (Fsp3) is 0.143. The molecule has 24 heavy (non-hydrogen) atoms. The molecule has 0 saturated carbocycles. The number of rotatable bonds is 5. The molecule has 3 rings (SSSR count). The minimum absolute atomic E-state index is 0.249. The van der Waals surface area contributed by atoms with Crippen LogP contribution in [0.1, 0.15) is 22.3 Å². The van der Waals surface area contributed by atoms with Gasteiger partial charge in [-0.1, -0.05) is 42.5 Å². The summed E-state index contributed by atoms with van der Waals surface area (Å²) >= 11 is 0. The van der Waals surface area contributed by atoms with Gasteiger partial charge in [-0.2, -0.15) is 0 Å². The van der Waals surface area contributed by atoms with Gasteiger partial charge in [0.25, 0.3) is 0 Å². The highest BCUT2D eigenvalue weighted by Gasteiger charge is 2.06. The van der Waals surface area contributed by atoms with Crippen molar-refractivity contribution in [1.82, 2.24) is 0 Å². The first kappa shape index (κ1) is 15.9. The van der Waals surface area contributed by atoms with E-state index >= 15 is 0 Å². The lowest BCUT2D eigenvalue weighted by Gasteiger charge is -2.10. The molecular formula is C21H20O3. The molecule has 3 aromatic rings. The van der Waals surface area contributed by atoms with Crippen molar-refractivity contribution < 1.29 is 14.9 Å². The quantitative estimate of drug-likeness (QED) is 0.723. The number of phenolic OH excluding ortho intramolecular Hbond substituents is 2. The van der Waals surface area contributed by atoms with Gasteiger partial charge in [0.1, 0.15) is 23.9 Å². The van der Waals surface area contributed by atoms with Gasteiger partial charge >= 0.3 is 0 Å². The lowest BCUT2D eigenvalue weighted by molar-refractivity contribution is 0.306. The highest BCUT2D eigenvalue weighted by Crippen LogP contribution is 2.25. The van der Waals surface area contributed by atoms with Crippen LogP contribution in [0.3, 0.4) is 0 Å². The zero-order valence-electron chi connectivity index (χ0n) is 13.6. The molecule has 0 aliphatic heterocycles. The van der Waals surface area contributed by atoms with Crippen LogP contribution < -0.4 is 4.74 Å². The normalized spacial score (nSPS) is 10.5. The van der Waals surface area contributed by atoms with Gasteiger partial charge in [-0.05, 0) is 53.4 Å². The summed E-state index contributed by atoms with van der Waals surface area (Å²) in [6.07, 6.45) is 0.657. The van der Waals surface area contributed by atoms with E-state index in [1.807, 2.05) is 61.5 Å². The van der Waals surface area contributed by atoms with Crippen molar-refractivity contribution in [2.24, 2.45) is 0 Å². The van der Waals surface area contributed by atoms with Gasteiger partial charge < -0.3 is 14.9 Å². The molecule has 3 aromatic carbocycles. The average molecular weight is 320 g/mol. The van der Waals surface area contributed by atoms with E-state index < -0.39 is 0 Å². The number of hydrogen-bond donors (Lipinski definition) is 2. The number of benzene rings is 3. The molecule has 0 aromatic heterocycles. The van der Waals surface area contributed by atoms with Gasteiger partial charge in [-0.25, -0.2) is 0 Å². The molecule has 0 saturated heterocycles. The van der Waals surface area contributed by atoms with Crippen LogP contribution in [0.4, 0.5) is 0 Å².